The highest BCUT2D eigenvalue weighted by molar-refractivity contribution is 7.89. The van der Waals surface area contributed by atoms with E-state index in [2.05, 4.69) is 0 Å². The van der Waals surface area contributed by atoms with E-state index in [-0.39, 0.29) is 11.3 Å². The van der Waals surface area contributed by atoms with Crippen LogP contribution in [-0.2, 0) is 21.2 Å². The molecule has 0 spiro atoms. The molecule has 164 valence electrons. The number of hydrogen-bond acceptors (Lipinski definition) is 6. The van der Waals surface area contributed by atoms with E-state index in [0.29, 0.717) is 40.7 Å². The van der Waals surface area contributed by atoms with E-state index in [1.165, 1.54) is 19.2 Å². The maximum Gasteiger partial charge on any atom is 0.243 e. The molecule has 0 aliphatic rings. The molecule has 8 nitrogen and oxygen atoms in total. The van der Waals surface area contributed by atoms with Gasteiger partial charge < -0.3 is 9.15 Å². The van der Waals surface area contributed by atoms with Gasteiger partial charge in [-0.3, -0.25) is 10.0 Å². The highest BCUT2D eigenvalue weighted by atomic mass is 35.5. The average molecular weight is 465 g/mol. The molecule has 3 rings (SSSR count). The van der Waals surface area contributed by atoms with Crippen molar-refractivity contribution in [2.24, 2.45) is 5.14 Å². The van der Waals surface area contributed by atoms with E-state index in [4.69, 9.17) is 31.1 Å². The van der Waals surface area contributed by atoms with Gasteiger partial charge in [0, 0.05) is 24.0 Å². The maximum absolute atomic E-state index is 11.6. The molecule has 1 heterocycles. The lowest BCUT2D eigenvalue weighted by atomic mass is 10.0. The number of furan rings is 1. The smallest absolute Gasteiger partial charge is 0.243 e. The molecule has 31 heavy (non-hydrogen) atoms. The number of ether oxygens (including phenoxy) is 1. The Morgan fingerprint density at radius 2 is 1.84 bits per heavy atom. The minimum atomic E-state index is -3.81. The minimum absolute atomic E-state index is 0.00373. The second kappa shape index (κ2) is 9.52. The molecule has 4 N–H and O–H groups in total. The van der Waals surface area contributed by atoms with Crippen molar-refractivity contribution in [2.45, 2.75) is 24.2 Å². The number of amides is 1. The Labute approximate surface area is 184 Å². The van der Waals surface area contributed by atoms with E-state index in [9.17, 15) is 13.2 Å². The molecule has 2 aromatic carbocycles. The van der Waals surface area contributed by atoms with Crippen molar-refractivity contribution in [2.75, 3.05) is 7.11 Å². The highest BCUT2D eigenvalue weighted by Gasteiger charge is 2.18. The molecular formula is C21H21ClN2O6S. The van der Waals surface area contributed by atoms with Gasteiger partial charge in [0.1, 0.15) is 17.3 Å². The van der Waals surface area contributed by atoms with Gasteiger partial charge >= 0.3 is 0 Å². The largest absolute Gasteiger partial charge is 0.495 e. The predicted octanol–water partition coefficient (Wildman–Crippen LogP) is 3.75. The van der Waals surface area contributed by atoms with Crippen molar-refractivity contribution in [1.82, 2.24) is 5.48 Å². The summed E-state index contributed by atoms with van der Waals surface area (Å²) >= 11 is 6.27. The molecule has 0 aliphatic heterocycles. The van der Waals surface area contributed by atoms with Crippen LogP contribution in [0.15, 0.2) is 57.8 Å². The number of rotatable bonds is 8. The summed E-state index contributed by atoms with van der Waals surface area (Å²) in [5.41, 5.74) is 3.75. The summed E-state index contributed by atoms with van der Waals surface area (Å²) in [6.07, 6.45) is 1.06. The fourth-order valence-corrected chi connectivity index (χ4v) is 3.88. The summed E-state index contributed by atoms with van der Waals surface area (Å²) in [5.74, 6) is 1.20. The number of hydrogen-bond donors (Lipinski definition) is 3. The van der Waals surface area contributed by atoms with Crippen molar-refractivity contribution in [3.05, 3.63) is 59.3 Å². The summed E-state index contributed by atoms with van der Waals surface area (Å²) in [6, 6.07) is 13.2. The Morgan fingerprint density at radius 1 is 1.16 bits per heavy atom. The Balaban J connectivity index is 2.01. The SMILES string of the molecule is COc1ccc(-c2oc(CCCC(=O)NO)cc2-c2ccc(S(N)(=O)=O)cc2)cc1Cl. The topological polar surface area (TPSA) is 132 Å². The van der Waals surface area contributed by atoms with Gasteiger partial charge in [-0.15, -0.1) is 0 Å². The Morgan fingerprint density at radius 3 is 2.42 bits per heavy atom. The lowest BCUT2D eigenvalue weighted by Gasteiger charge is -2.07. The normalized spacial score (nSPS) is 11.4. The quantitative estimate of drug-likeness (QED) is 0.343. The third-order valence-corrected chi connectivity index (χ3v) is 5.87. The first kappa shape index (κ1) is 22.8. The van der Waals surface area contributed by atoms with Gasteiger partial charge in [0.25, 0.3) is 0 Å². The van der Waals surface area contributed by atoms with Gasteiger partial charge in [-0.25, -0.2) is 19.0 Å². The number of carbonyl (C=O) groups is 1. The van der Waals surface area contributed by atoms with Crippen molar-refractivity contribution >= 4 is 27.5 Å². The van der Waals surface area contributed by atoms with Crippen LogP contribution in [0.3, 0.4) is 0 Å². The van der Waals surface area contributed by atoms with Crippen LogP contribution >= 0.6 is 11.6 Å². The molecular weight excluding hydrogens is 444 g/mol. The van der Waals surface area contributed by atoms with Gasteiger partial charge in [0.05, 0.1) is 17.0 Å². The average Bonchev–Trinajstić information content (AvgIpc) is 3.17. The van der Waals surface area contributed by atoms with E-state index in [1.807, 2.05) is 6.07 Å². The van der Waals surface area contributed by atoms with E-state index in [0.717, 1.165) is 11.1 Å². The molecule has 1 aromatic heterocycles. The van der Waals surface area contributed by atoms with Crippen LogP contribution < -0.4 is 15.4 Å². The lowest BCUT2D eigenvalue weighted by Crippen LogP contribution is -2.17. The predicted molar refractivity (Wildman–Crippen MR) is 115 cm³/mol. The maximum atomic E-state index is 11.6. The van der Waals surface area contributed by atoms with Crippen LogP contribution in [-0.4, -0.2) is 26.6 Å². The van der Waals surface area contributed by atoms with Crippen LogP contribution in [0.5, 0.6) is 5.75 Å². The summed E-state index contributed by atoms with van der Waals surface area (Å²) in [7, 11) is -2.29. The lowest BCUT2D eigenvalue weighted by molar-refractivity contribution is -0.129. The van der Waals surface area contributed by atoms with Crippen LogP contribution in [0.2, 0.25) is 5.02 Å². The molecule has 0 saturated carbocycles. The van der Waals surface area contributed by atoms with Gasteiger partial charge in [0.15, 0.2) is 0 Å². The Bertz CT molecular complexity index is 1190. The number of sulfonamides is 1. The van der Waals surface area contributed by atoms with Gasteiger partial charge in [0.2, 0.25) is 15.9 Å². The number of nitrogens with two attached hydrogens (primary N) is 1. The second-order valence-electron chi connectivity index (χ2n) is 6.76. The number of primary sulfonamides is 1. The van der Waals surface area contributed by atoms with E-state index in [1.54, 1.807) is 35.8 Å². The fraction of sp³-hybridized carbons (Fsp3) is 0.190. The van der Waals surface area contributed by atoms with Crippen molar-refractivity contribution in [3.8, 4) is 28.2 Å². The molecule has 0 unspecified atom stereocenters. The molecule has 3 aromatic rings. The number of hydroxylamine groups is 1. The molecule has 1 amide bonds. The number of aryl methyl sites for hydroxylation is 1. The first-order valence-electron chi connectivity index (χ1n) is 9.25. The standard InChI is InChI=1S/C21H21ClN2O6S/c1-29-19-10-7-14(11-18(19)22)21-17(12-15(30-21)3-2-4-20(25)24-26)13-5-8-16(9-6-13)31(23,27)28/h5-12,26H,2-4H2,1H3,(H,24,25)(H2,23,27,28). The van der Waals surface area contributed by atoms with Crippen LogP contribution in [0.4, 0.5) is 0 Å². The number of benzene rings is 2. The first-order valence-corrected chi connectivity index (χ1v) is 11.2. The molecule has 0 bridgehead atoms. The fourth-order valence-electron chi connectivity index (χ4n) is 3.10. The highest BCUT2D eigenvalue weighted by Crippen LogP contribution is 2.38. The summed E-state index contributed by atoms with van der Waals surface area (Å²) in [5, 5.41) is 14.2. The molecule has 0 aliphatic carbocycles. The van der Waals surface area contributed by atoms with Crippen molar-refractivity contribution in [3.63, 3.8) is 0 Å². The van der Waals surface area contributed by atoms with Crippen molar-refractivity contribution < 1.29 is 27.6 Å². The van der Waals surface area contributed by atoms with Crippen LogP contribution in [0, 0.1) is 0 Å². The zero-order valence-electron chi connectivity index (χ0n) is 16.6. The zero-order chi connectivity index (χ0) is 22.6. The third kappa shape index (κ3) is 5.45. The molecule has 0 fully saturated rings. The van der Waals surface area contributed by atoms with E-state index >= 15 is 0 Å². The molecule has 10 heteroatoms. The molecule has 0 saturated heterocycles. The van der Waals surface area contributed by atoms with Crippen LogP contribution in [0.1, 0.15) is 18.6 Å². The van der Waals surface area contributed by atoms with E-state index < -0.39 is 15.9 Å². The Kier molecular flexibility index (Phi) is 7.01. The van der Waals surface area contributed by atoms with Gasteiger partial charge in [-0.05, 0) is 48.4 Å². The monoisotopic (exact) mass is 464 g/mol. The number of nitrogens with one attached hydrogen (secondary N) is 1. The van der Waals surface area contributed by atoms with Crippen LogP contribution in [0.25, 0.3) is 22.5 Å². The number of halogens is 1. The first-order chi connectivity index (χ1) is 14.7. The number of methoxy groups -OCH3 is 1. The van der Waals surface area contributed by atoms with Crippen molar-refractivity contribution in [1.29, 1.82) is 0 Å². The summed E-state index contributed by atoms with van der Waals surface area (Å²) in [4.78, 5) is 11.3. The van der Waals surface area contributed by atoms with Gasteiger partial charge in [-0.1, -0.05) is 23.7 Å². The number of carbonyl (C=O) groups excluding carboxylic acids is 1. The molecule has 0 radical (unpaired) electrons. The summed E-state index contributed by atoms with van der Waals surface area (Å²) in [6.45, 7) is 0. The van der Waals surface area contributed by atoms with Gasteiger partial charge in [-0.2, -0.15) is 0 Å². The summed E-state index contributed by atoms with van der Waals surface area (Å²) < 4.78 is 34.4. The Hall–Kier alpha value is -2.85. The minimum Gasteiger partial charge on any atom is -0.495 e. The second-order valence-corrected chi connectivity index (χ2v) is 8.73. The third-order valence-electron chi connectivity index (χ3n) is 4.64. The zero-order valence-corrected chi connectivity index (χ0v) is 18.2. The molecule has 0 atom stereocenters.